The molecule has 0 aliphatic carbocycles. The van der Waals surface area contributed by atoms with Crippen molar-refractivity contribution in [1.82, 2.24) is 0 Å². The molecular weight excluding hydrogens is 224 g/mol. The lowest BCUT2D eigenvalue weighted by Crippen LogP contribution is -2.57. The van der Waals surface area contributed by atoms with Crippen molar-refractivity contribution < 1.29 is 18.0 Å². The lowest BCUT2D eigenvalue weighted by Gasteiger charge is -2.34. The Balaban J connectivity index is 4.78. The largest absolute Gasteiger partial charge is 0.531 e. The maximum atomic E-state index is 5.79. The summed E-state index contributed by atoms with van der Waals surface area (Å²) in [5.41, 5.74) is -0.0580. The van der Waals surface area contributed by atoms with Crippen molar-refractivity contribution in [2.45, 2.75) is 46.8 Å². The highest BCUT2D eigenvalue weighted by Gasteiger charge is 2.49. The minimum Gasteiger partial charge on any atom is -0.374 e. The van der Waals surface area contributed by atoms with E-state index in [1.807, 2.05) is 27.7 Å². The highest BCUT2D eigenvalue weighted by molar-refractivity contribution is 6.62. The normalized spacial score (nSPS) is 14.1. The van der Waals surface area contributed by atoms with Gasteiger partial charge in [0.15, 0.2) is 0 Å². The van der Waals surface area contributed by atoms with Gasteiger partial charge in [-0.05, 0) is 34.1 Å². The predicted octanol–water partition coefficient (Wildman–Crippen LogP) is 2.39. The summed E-state index contributed by atoms with van der Waals surface area (Å²) in [7, 11) is -2.67. The summed E-state index contributed by atoms with van der Waals surface area (Å²) in [4.78, 5) is 0. The average molecular weight is 250 g/mol. The fourth-order valence-corrected chi connectivity index (χ4v) is 4.56. The molecule has 0 aromatic carbocycles. The average Bonchev–Trinajstić information content (AvgIpc) is 2.26. The Morgan fingerprint density at radius 2 is 1.19 bits per heavy atom. The van der Waals surface area contributed by atoms with Gasteiger partial charge in [0, 0.05) is 26.4 Å². The van der Waals surface area contributed by atoms with Crippen LogP contribution in [0.1, 0.15) is 41.0 Å². The van der Waals surface area contributed by atoms with E-state index in [2.05, 4.69) is 6.92 Å². The lowest BCUT2D eigenvalue weighted by atomic mass is 10.5. The zero-order chi connectivity index (χ0) is 12.4. The zero-order valence-corrected chi connectivity index (χ0v) is 12.2. The minimum atomic E-state index is -2.67. The van der Waals surface area contributed by atoms with Crippen LogP contribution in [0.5, 0.6) is 0 Å². The molecule has 0 spiro atoms. The van der Waals surface area contributed by atoms with E-state index >= 15 is 0 Å². The molecule has 0 radical (unpaired) electrons. The number of rotatable bonds is 10. The lowest BCUT2D eigenvalue weighted by molar-refractivity contribution is -0.00769. The van der Waals surface area contributed by atoms with Gasteiger partial charge in [0.05, 0.1) is 0 Å². The summed E-state index contributed by atoms with van der Waals surface area (Å²) < 4.78 is 23.1. The van der Waals surface area contributed by atoms with Crippen molar-refractivity contribution in [3.8, 4) is 0 Å². The third-order valence-corrected chi connectivity index (χ3v) is 5.61. The van der Waals surface area contributed by atoms with Crippen LogP contribution in [0.2, 0.25) is 0 Å². The van der Waals surface area contributed by atoms with Crippen molar-refractivity contribution >= 4 is 8.80 Å². The summed E-state index contributed by atoms with van der Waals surface area (Å²) in [6.45, 7) is 12.3. The predicted molar refractivity (Wildman–Crippen MR) is 66.3 cm³/mol. The van der Waals surface area contributed by atoms with Gasteiger partial charge in [-0.2, -0.15) is 0 Å². The SMILES string of the molecule is CCOC(CC)[Si](OCC)(OCC)OCC. The van der Waals surface area contributed by atoms with E-state index in [-0.39, 0.29) is 5.73 Å². The van der Waals surface area contributed by atoms with E-state index in [0.29, 0.717) is 26.4 Å². The standard InChI is InChI=1S/C11H26O4Si/c1-6-11(12-7-2)16(13-8-3,14-9-4)15-10-5/h11H,6-10H2,1-5H3. The van der Waals surface area contributed by atoms with Crippen LogP contribution in [0.3, 0.4) is 0 Å². The van der Waals surface area contributed by atoms with Crippen LogP contribution in [0.25, 0.3) is 0 Å². The molecule has 0 N–H and O–H groups in total. The molecule has 0 saturated heterocycles. The van der Waals surface area contributed by atoms with Gasteiger partial charge in [-0.1, -0.05) is 6.92 Å². The Labute approximate surface area is 101 Å². The van der Waals surface area contributed by atoms with Crippen molar-refractivity contribution in [3.05, 3.63) is 0 Å². The molecule has 0 aromatic rings. The molecule has 1 atom stereocenters. The molecule has 0 rings (SSSR count). The summed E-state index contributed by atoms with van der Waals surface area (Å²) in [5.74, 6) is 0. The fraction of sp³-hybridized carbons (Fsp3) is 1.00. The van der Waals surface area contributed by atoms with E-state index in [0.717, 1.165) is 6.42 Å². The molecule has 5 heteroatoms. The van der Waals surface area contributed by atoms with Crippen LogP contribution in [-0.2, 0) is 18.0 Å². The molecule has 0 aliphatic rings. The third-order valence-electron chi connectivity index (χ3n) is 2.17. The van der Waals surface area contributed by atoms with E-state index in [1.54, 1.807) is 0 Å². The molecule has 1 unspecified atom stereocenters. The Morgan fingerprint density at radius 3 is 1.44 bits per heavy atom. The second-order valence-corrected chi connectivity index (χ2v) is 5.97. The fourth-order valence-electron chi connectivity index (χ4n) is 1.68. The summed E-state index contributed by atoms with van der Waals surface area (Å²) in [5, 5.41) is 0. The van der Waals surface area contributed by atoms with Gasteiger partial charge in [0.2, 0.25) is 0 Å². The van der Waals surface area contributed by atoms with E-state index in [4.69, 9.17) is 18.0 Å². The molecule has 4 nitrogen and oxygen atoms in total. The third kappa shape index (κ3) is 4.51. The summed E-state index contributed by atoms with van der Waals surface area (Å²) in [6.07, 6.45) is 0.847. The van der Waals surface area contributed by atoms with Gasteiger partial charge in [0.25, 0.3) is 0 Å². The van der Waals surface area contributed by atoms with Crippen LogP contribution in [0, 0.1) is 0 Å². The first kappa shape index (κ1) is 16.1. The number of hydrogen-bond donors (Lipinski definition) is 0. The topological polar surface area (TPSA) is 36.9 Å². The molecule has 0 saturated carbocycles. The zero-order valence-electron chi connectivity index (χ0n) is 11.2. The van der Waals surface area contributed by atoms with Crippen LogP contribution in [-0.4, -0.2) is 41.0 Å². The molecule has 98 valence electrons. The highest BCUT2D eigenvalue weighted by Crippen LogP contribution is 2.20. The maximum Gasteiger partial charge on any atom is 0.531 e. The van der Waals surface area contributed by atoms with Crippen LogP contribution in [0.15, 0.2) is 0 Å². The van der Waals surface area contributed by atoms with Gasteiger partial charge in [0.1, 0.15) is 5.73 Å². The molecule has 16 heavy (non-hydrogen) atoms. The van der Waals surface area contributed by atoms with Crippen LogP contribution >= 0.6 is 0 Å². The first-order valence-electron chi connectivity index (χ1n) is 6.24. The van der Waals surface area contributed by atoms with Gasteiger partial charge >= 0.3 is 8.80 Å². The maximum absolute atomic E-state index is 5.79. The van der Waals surface area contributed by atoms with Gasteiger partial charge in [-0.15, -0.1) is 0 Å². The Morgan fingerprint density at radius 1 is 0.750 bits per heavy atom. The highest BCUT2D eigenvalue weighted by atomic mass is 28.4. The van der Waals surface area contributed by atoms with Gasteiger partial charge in [-0.3, -0.25) is 0 Å². The minimum absolute atomic E-state index is 0.0580. The van der Waals surface area contributed by atoms with E-state index < -0.39 is 8.80 Å². The van der Waals surface area contributed by atoms with Crippen molar-refractivity contribution in [3.63, 3.8) is 0 Å². The van der Waals surface area contributed by atoms with Crippen molar-refractivity contribution in [1.29, 1.82) is 0 Å². The van der Waals surface area contributed by atoms with E-state index in [9.17, 15) is 0 Å². The first-order chi connectivity index (χ1) is 7.70. The van der Waals surface area contributed by atoms with Gasteiger partial charge < -0.3 is 18.0 Å². The quantitative estimate of drug-likeness (QED) is 0.558. The van der Waals surface area contributed by atoms with E-state index in [1.165, 1.54) is 0 Å². The monoisotopic (exact) mass is 250 g/mol. The van der Waals surface area contributed by atoms with Crippen molar-refractivity contribution in [2.24, 2.45) is 0 Å². The molecular formula is C11H26O4Si. The Bertz CT molecular complexity index is 149. The second kappa shape index (κ2) is 9.12. The molecule has 0 aromatic heterocycles. The van der Waals surface area contributed by atoms with Crippen LogP contribution < -0.4 is 0 Å². The molecule has 0 amide bonds. The molecule has 0 heterocycles. The Kier molecular flexibility index (Phi) is 9.16. The van der Waals surface area contributed by atoms with Crippen LogP contribution in [0.4, 0.5) is 0 Å². The number of ether oxygens (including phenoxy) is 1. The van der Waals surface area contributed by atoms with Gasteiger partial charge in [-0.25, -0.2) is 0 Å². The molecule has 0 fully saturated rings. The van der Waals surface area contributed by atoms with Crippen molar-refractivity contribution in [2.75, 3.05) is 26.4 Å². The smallest absolute Gasteiger partial charge is 0.374 e. The first-order valence-corrected chi connectivity index (χ1v) is 8.04. The molecule has 0 bridgehead atoms. The number of hydrogen-bond acceptors (Lipinski definition) is 4. The summed E-state index contributed by atoms with van der Waals surface area (Å²) >= 11 is 0. The summed E-state index contributed by atoms with van der Waals surface area (Å²) in [6, 6.07) is 0. The Hall–Kier alpha value is 0.0569. The molecule has 0 aliphatic heterocycles. The second-order valence-electron chi connectivity index (χ2n) is 3.25.